The lowest BCUT2D eigenvalue weighted by Gasteiger charge is -2.23. The molecule has 0 amide bonds. The Morgan fingerprint density at radius 1 is 1.33 bits per heavy atom. The van der Waals surface area contributed by atoms with Gasteiger partial charge in [-0.25, -0.2) is 0 Å². The Balaban J connectivity index is 3.01. The van der Waals surface area contributed by atoms with E-state index in [1.165, 1.54) is 22.9 Å². The van der Waals surface area contributed by atoms with E-state index in [9.17, 15) is 0 Å². The van der Waals surface area contributed by atoms with E-state index in [0.717, 1.165) is 31.0 Å². The van der Waals surface area contributed by atoms with Gasteiger partial charge in [0.05, 0.1) is 6.61 Å². The SMILES string of the molecule is CCCOc1ccc(C(C)(C)C)cc1C(C)CCSC#N. The van der Waals surface area contributed by atoms with E-state index < -0.39 is 0 Å². The topological polar surface area (TPSA) is 33.0 Å². The summed E-state index contributed by atoms with van der Waals surface area (Å²) in [6, 6.07) is 6.57. The van der Waals surface area contributed by atoms with Crippen molar-refractivity contribution in [2.45, 2.75) is 58.8 Å². The van der Waals surface area contributed by atoms with Crippen molar-refractivity contribution < 1.29 is 4.74 Å². The largest absolute Gasteiger partial charge is 0.493 e. The number of hydrogen-bond donors (Lipinski definition) is 0. The molecule has 1 atom stereocenters. The summed E-state index contributed by atoms with van der Waals surface area (Å²) in [5.74, 6) is 2.27. The van der Waals surface area contributed by atoms with Crippen LogP contribution >= 0.6 is 11.8 Å². The van der Waals surface area contributed by atoms with E-state index in [2.05, 4.69) is 58.2 Å². The van der Waals surface area contributed by atoms with E-state index in [-0.39, 0.29) is 5.41 Å². The fourth-order valence-electron chi connectivity index (χ4n) is 2.18. The number of nitrogens with zero attached hydrogens (tertiary/aromatic N) is 1. The lowest BCUT2D eigenvalue weighted by molar-refractivity contribution is 0.312. The molecule has 0 aliphatic carbocycles. The summed E-state index contributed by atoms with van der Waals surface area (Å²) in [7, 11) is 0. The standard InChI is InChI=1S/C18H27NOS/c1-6-10-20-17-8-7-15(18(3,4)5)12-16(17)14(2)9-11-21-13-19/h7-8,12,14H,6,9-11H2,1-5H3. The van der Waals surface area contributed by atoms with Crippen molar-refractivity contribution in [2.24, 2.45) is 0 Å². The van der Waals surface area contributed by atoms with Gasteiger partial charge in [0.25, 0.3) is 0 Å². The molecule has 0 N–H and O–H groups in total. The lowest BCUT2D eigenvalue weighted by Crippen LogP contribution is -2.13. The van der Waals surface area contributed by atoms with Crippen molar-refractivity contribution in [3.63, 3.8) is 0 Å². The first-order valence-electron chi connectivity index (χ1n) is 7.68. The molecule has 0 aliphatic heterocycles. The molecule has 1 aromatic carbocycles. The van der Waals surface area contributed by atoms with Crippen LogP contribution in [0, 0.1) is 10.7 Å². The second kappa shape index (κ2) is 8.34. The number of ether oxygens (including phenoxy) is 1. The van der Waals surface area contributed by atoms with Crippen LogP contribution in [-0.4, -0.2) is 12.4 Å². The van der Waals surface area contributed by atoms with Crippen molar-refractivity contribution >= 4 is 11.8 Å². The second-order valence-electron chi connectivity index (χ2n) is 6.48. The highest BCUT2D eigenvalue weighted by Crippen LogP contribution is 2.34. The predicted octanol–water partition coefficient (Wildman–Crippen LogP) is 5.48. The molecule has 1 unspecified atom stereocenters. The molecule has 0 fully saturated rings. The van der Waals surface area contributed by atoms with E-state index in [4.69, 9.17) is 10.00 Å². The average Bonchev–Trinajstić information content (AvgIpc) is 2.44. The maximum Gasteiger partial charge on any atom is 0.133 e. The minimum Gasteiger partial charge on any atom is -0.493 e. The fraction of sp³-hybridized carbons (Fsp3) is 0.611. The number of rotatable bonds is 7. The maximum absolute atomic E-state index is 8.66. The molecule has 0 radical (unpaired) electrons. The Morgan fingerprint density at radius 2 is 2.05 bits per heavy atom. The highest BCUT2D eigenvalue weighted by molar-refractivity contribution is 8.03. The first-order valence-corrected chi connectivity index (χ1v) is 8.66. The van der Waals surface area contributed by atoms with Crippen LogP contribution in [0.1, 0.15) is 64.5 Å². The van der Waals surface area contributed by atoms with Crippen LogP contribution < -0.4 is 4.74 Å². The third-order valence-electron chi connectivity index (χ3n) is 3.59. The fourth-order valence-corrected chi connectivity index (χ4v) is 2.74. The molecular formula is C18H27NOS. The number of hydrogen-bond acceptors (Lipinski definition) is 3. The number of nitriles is 1. The average molecular weight is 305 g/mol. The third kappa shape index (κ3) is 5.63. The minimum absolute atomic E-state index is 0.138. The minimum atomic E-state index is 0.138. The maximum atomic E-state index is 8.66. The van der Waals surface area contributed by atoms with Gasteiger partial charge in [0, 0.05) is 5.75 Å². The van der Waals surface area contributed by atoms with Crippen LogP contribution in [0.4, 0.5) is 0 Å². The van der Waals surface area contributed by atoms with Gasteiger partial charge in [0.1, 0.15) is 11.2 Å². The van der Waals surface area contributed by atoms with Crippen LogP contribution in [0.25, 0.3) is 0 Å². The Bertz CT molecular complexity index is 485. The lowest BCUT2D eigenvalue weighted by atomic mass is 9.84. The van der Waals surface area contributed by atoms with E-state index in [0.29, 0.717) is 5.92 Å². The molecule has 2 nitrogen and oxygen atoms in total. The first-order chi connectivity index (χ1) is 9.90. The summed E-state index contributed by atoms with van der Waals surface area (Å²) in [5, 5.41) is 10.8. The summed E-state index contributed by atoms with van der Waals surface area (Å²) < 4.78 is 5.91. The molecule has 1 rings (SSSR count). The second-order valence-corrected chi connectivity index (χ2v) is 7.36. The van der Waals surface area contributed by atoms with E-state index >= 15 is 0 Å². The van der Waals surface area contributed by atoms with Crippen LogP contribution in [-0.2, 0) is 5.41 Å². The van der Waals surface area contributed by atoms with Crippen molar-refractivity contribution in [3.8, 4) is 11.2 Å². The summed E-state index contributed by atoms with van der Waals surface area (Å²) >= 11 is 1.33. The molecule has 1 aromatic rings. The Labute approximate surface area is 133 Å². The van der Waals surface area contributed by atoms with Crippen LogP contribution in [0.3, 0.4) is 0 Å². The molecule has 0 aliphatic rings. The van der Waals surface area contributed by atoms with Gasteiger partial charge in [-0.15, -0.1) is 0 Å². The molecule has 21 heavy (non-hydrogen) atoms. The summed E-state index contributed by atoms with van der Waals surface area (Å²) in [6.07, 6.45) is 2.01. The number of thioether (sulfide) groups is 1. The monoisotopic (exact) mass is 305 g/mol. The van der Waals surface area contributed by atoms with Crippen molar-refractivity contribution in [1.82, 2.24) is 0 Å². The quantitative estimate of drug-likeness (QED) is 0.494. The Hall–Kier alpha value is -1.14. The smallest absolute Gasteiger partial charge is 0.133 e. The predicted molar refractivity (Wildman–Crippen MR) is 92.0 cm³/mol. The van der Waals surface area contributed by atoms with Crippen molar-refractivity contribution in [3.05, 3.63) is 29.3 Å². The molecule has 0 spiro atoms. The van der Waals surface area contributed by atoms with Crippen LogP contribution in [0.2, 0.25) is 0 Å². The summed E-state index contributed by atoms with van der Waals surface area (Å²) in [5.41, 5.74) is 2.75. The van der Waals surface area contributed by atoms with Crippen molar-refractivity contribution in [2.75, 3.05) is 12.4 Å². The third-order valence-corrected chi connectivity index (χ3v) is 4.15. The Morgan fingerprint density at radius 3 is 2.62 bits per heavy atom. The highest BCUT2D eigenvalue weighted by atomic mass is 32.2. The van der Waals surface area contributed by atoms with Crippen molar-refractivity contribution in [1.29, 1.82) is 5.26 Å². The summed E-state index contributed by atoms with van der Waals surface area (Å²) in [4.78, 5) is 0. The van der Waals surface area contributed by atoms with Gasteiger partial charge in [-0.1, -0.05) is 46.8 Å². The van der Waals surface area contributed by atoms with Gasteiger partial charge in [0.2, 0.25) is 0 Å². The summed E-state index contributed by atoms with van der Waals surface area (Å²) in [6.45, 7) is 11.8. The van der Waals surface area contributed by atoms with Gasteiger partial charge in [0.15, 0.2) is 0 Å². The molecule has 0 bridgehead atoms. The van der Waals surface area contributed by atoms with Gasteiger partial charge < -0.3 is 4.74 Å². The molecule has 3 heteroatoms. The molecule has 0 saturated heterocycles. The van der Waals surface area contributed by atoms with Crippen LogP contribution in [0.5, 0.6) is 5.75 Å². The molecular weight excluding hydrogens is 278 g/mol. The van der Waals surface area contributed by atoms with Gasteiger partial charge in [-0.05, 0) is 53.1 Å². The first kappa shape index (κ1) is 17.9. The Kier molecular flexibility index (Phi) is 7.11. The van der Waals surface area contributed by atoms with Gasteiger partial charge >= 0.3 is 0 Å². The molecule has 116 valence electrons. The van der Waals surface area contributed by atoms with Crippen LogP contribution in [0.15, 0.2) is 18.2 Å². The van der Waals surface area contributed by atoms with Gasteiger partial charge in [-0.2, -0.15) is 5.26 Å². The zero-order valence-corrected chi connectivity index (χ0v) is 14.7. The normalized spacial score (nSPS) is 12.8. The van der Waals surface area contributed by atoms with E-state index in [1.807, 2.05) is 0 Å². The number of benzene rings is 1. The molecule has 0 heterocycles. The highest BCUT2D eigenvalue weighted by Gasteiger charge is 2.18. The molecule has 0 aromatic heterocycles. The zero-order chi connectivity index (χ0) is 15.9. The van der Waals surface area contributed by atoms with Gasteiger partial charge in [-0.3, -0.25) is 0 Å². The zero-order valence-electron chi connectivity index (χ0n) is 13.9. The number of thiocyanates is 1. The van der Waals surface area contributed by atoms with E-state index in [1.54, 1.807) is 0 Å². The molecule has 0 saturated carbocycles.